The molecule has 0 spiro atoms. The van der Waals surface area contributed by atoms with Gasteiger partial charge in [-0.3, -0.25) is 38.8 Å². The van der Waals surface area contributed by atoms with Gasteiger partial charge in [-0.1, -0.05) is 45.9 Å². The van der Waals surface area contributed by atoms with Crippen LogP contribution in [0.25, 0.3) is 10.9 Å². The second-order valence-electron chi connectivity index (χ2n) is 15.9. The number of carboxylic acid groups (broad SMARTS) is 1. The minimum Gasteiger partial charge on any atom is -0.480 e. The van der Waals surface area contributed by atoms with Crippen molar-refractivity contribution >= 4 is 64.2 Å². The molecule has 1 heterocycles. The van der Waals surface area contributed by atoms with Gasteiger partial charge >= 0.3 is 5.97 Å². The maximum absolute atomic E-state index is 14.3. The number of aliphatic imine (C=N–C) groups is 2. The van der Waals surface area contributed by atoms with Crippen LogP contribution < -0.4 is 60.6 Å². The molecular formula is C40H66N14O8. The number of nitrogens with one attached hydrogen (secondary N) is 7. The number of rotatable bonds is 27. The normalized spacial score (nSPS) is 14.0. The molecule has 2 rings (SSSR count). The van der Waals surface area contributed by atoms with Gasteiger partial charge in [-0.2, -0.15) is 0 Å². The first kappa shape index (κ1) is 51.7. The van der Waals surface area contributed by atoms with Crippen molar-refractivity contribution in [2.75, 3.05) is 19.6 Å². The van der Waals surface area contributed by atoms with E-state index >= 15 is 0 Å². The fraction of sp³-hybridized carbons (Fsp3) is 0.575. The molecule has 1 aromatic carbocycles. The van der Waals surface area contributed by atoms with Crippen molar-refractivity contribution < 1.29 is 38.7 Å². The Morgan fingerprint density at radius 2 is 1.19 bits per heavy atom. The van der Waals surface area contributed by atoms with Crippen molar-refractivity contribution in [1.82, 2.24) is 36.9 Å². The Kier molecular flexibility index (Phi) is 21.7. The molecule has 0 unspecified atom stereocenters. The van der Waals surface area contributed by atoms with Crippen molar-refractivity contribution in [3.8, 4) is 0 Å². The van der Waals surface area contributed by atoms with Crippen molar-refractivity contribution in [2.24, 2.45) is 50.5 Å². The van der Waals surface area contributed by atoms with Gasteiger partial charge in [0.25, 0.3) is 0 Å². The number of carboxylic acids is 1. The molecule has 0 saturated heterocycles. The number of amides is 6. The molecule has 0 radical (unpaired) electrons. The number of aliphatic carboxylic acids is 1. The van der Waals surface area contributed by atoms with Crippen LogP contribution in [-0.4, -0.2) is 119 Å². The standard InChI is InChI=1S/C40H66N14O8/c1-21(2)16-29(36(59)50-23(5)33(56)54-31(38(61)62)17-22(3)4)52-37(60)30(18-24-19-48-27-12-7-6-10-25(24)27)53-35(58)28(13-9-15-47-40(44)45)51-32(55)20-49-34(57)26(41)11-8-14-46-39(42)43/h6-7,10,12,19,21-23,26,28-31,48H,8-9,11,13-18,20,41H2,1-5H3,(H,49,57)(H,50,59)(H,51,55)(H,52,60)(H,53,58)(H,54,56)(H,61,62)(H4,42,43,46)(H4,44,45,47)/t23-,26-,28-,29-,30-,31-/m0/s1. The molecule has 0 aliphatic rings. The number of guanidine groups is 2. The third-order valence-electron chi connectivity index (χ3n) is 9.47. The second kappa shape index (κ2) is 26.0. The summed E-state index contributed by atoms with van der Waals surface area (Å²) in [5, 5.41) is 25.9. The first-order valence-corrected chi connectivity index (χ1v) is 20.6. The summed E-state index contributed by atoms with van der Waals surface area (Å²) >= 11 is 0. The van der Waals surface area contributed by atoms with Crippen LogP contribution in [0, 0.1) is 11.8 Å². The molecule has 6 amide bonds. The fourth-order valence-electron chi connectivity index (χ4n) is 6.31. The van der Waals surface area contributed by atoms with E-state index < -0.39 is 84.2 Å². The average Bonchev–Trinajstić information content (AvgIpc) is 3.60. The minimum absolute atomic E-state index is 0.0201. The SMILES string of the molecule is CC(C)C[C@H](NC(=O)[C@H](C)NC(=O)[C@H](CC(C)C)NC(=O)[C@H](Cc1c[nH]c2ccccc12)NC(=O)[C@H](CCCN=C(N)N)NC(=O)CNC(=O)[C@@H](N)CCCN=C(N)N)C(=O)O. The summed E-state index contributed by atoms with van der Waals surface area (Å²) in [4.78, 5) is 103. The number of fused-ring (bicyclic) bond motifs is 1. The zero-order valence-electron chi connectivity index (χ0n) is 36.2. The number of para-hydroxylation sites is 1. The van der Waals surface area contributed by atoms with Crippen LogP contribution in [0.5, 0.6) is 0 Å². The van der Waals surface area contributed by atoms with E-state index in [0.29, 0.717) is 12.0 Å². The van der Waals surface area contributed by atoms with Crippen molar-refractivity contribution in [3.05, 3.63) is 36.0 Å². The zero-order chi connectivity index (χ0) is 46.5. The number of H-pyrrole nitrogens is 1. The Hall–Kier alpha value is -6.45. The van der Waals surface area contributed by atoms with Gasteiger partial charge in [-0.05, 0) is 68.9 Å². The number of hydrogen-bond acceptors (Lipinski definition) is 10. The van der Waals surface area contributed by atoms with Crippen LogP contribution >= 0.6 is 0 Å². The van der Waals surface area contributed by atoms with Crippen LogP contribution in [0.4, 0.5) is 0 Å². The summed E-state index contributed by atoms with van der Waals surface area (Å²) in [6, 6.07) is 0.324. The largest absolute Gasteiger partial charge is 0.480 e. The van der Waals surface area contributed by atoms with Crippen molar-refractivity contribution in [3.63, 3.8) is 0 Å². The van der Waals surface area contributed by atoms with E-state index in [2.05, 4.69) is 46.9 Å². The number of carbonyl (C=O) groups is 7. The summed E-state index contributed by atoms with van der Waals surface area (Å²) in [6.07, 6.45) is 2.86. The lowest BCUT2D eigenvalue weighted by atomic mass is 10.00. The van der Waals surface area contributed by atoms with Crippen LogP contribution in [-0.2, 0) is 40.0 Å². The average molecular weight is 871 g/mol. The van der Waals surface area contributed by atoms with Crippen molar-refractivity contribution in [2.45, 2.75) is 116 Å². The summed E-state index contributed by atoms with van der Waals surface area (Å²) in [6.45, 7) is 8.55. The molecule has 6 atom stereocenters. The lowest BCUT2D eigenvalue weighted by Crippen LogP contribution is -2.59. The summed E-state index contributed by atoms with van der Waals surface area (Å²) < 4.78 is 0. The fourth-order valence-corrected chi connectivity index (χ4v) is 6.31. The number of nitrogens with two attached hydrogens (primary N) is 5. The van der Waals surface area contributed by atoms with E-state index in [1.807, 2.05) is 52.0 Å². The quantitative estimate of drug-likeness (QED) is 0.0260. The molecule has 2 aromatic rings. The van der Waals surface area contributed by atoms with E-state index in [-0.39, 0.29) is 75.4 Å². The van der Waals surface area contributed by atoms with E-state index in [4.69, 9.17) is 28.7 Å². The van der Waals surface area contributed by atoms with Crippen LogP contribution in [0.2, 0.25) is 0 Å². The van der Waals surface area contributed by atoms with Gasteiger partial charge in [0.1, 0.15) is 30.2 Å². The molecule has 0 saturated carbocycles. The molecule has 18 N–H and O–H groups in total. The molecule has 0 bridgehead atoms. The summed E-state index contributed by atoms with van der Waals surface area (Å²) in [5.74, 6) is -5.89. The van der Waals surface area contributed by atoms with Gasteiger partial charge in [0, 0.05) is 36.6 Å². The number of aromatic nitrogens is 1. The molecule has 62 heavy (non-hydrogen) atoms. The van der Waals surface area contributed by atoms with E-state index in [1.165, 1.54) is 6.92 Å². The number of benzene rings is 1. The lowest BCUT2D eigenvalue weighted by molar-refractivity contribution is -0.142. The topological polar surface area (TPSA) is 383 Å². The predicted molar refractivity (Wildman–Crippen MR) is 235 cm³/mol. The molecule has 0 aliphatic heterocycles. The number of carbonyl (C=O) groups excluding carboxylic acids is 6. The molecule has 0 aliphatic carbocycles. The van der Waals surface area contributed by atoms with Gasteiger partial charge < -0.3 is 70.7 Å². The van der Waals surface area contributed by atoms with Gasteiger partial charge in [-0.15, -0.1) is 0 Å². The monoisotopic (exact) mass is 871 g/mol. The Morgan fingerprint density at radius 1 is 0.661 bits per heavy atom. The number of hydrogen-bond donors (Lipinski definition) is 13. The minimum atomic E-state index is -1.30. The maximum atomic E-state index is 14.3. The highest BCUT2D eigenvalue weighted by atomic mass is 16.4. The molecule has 1 aromatic heterocycles. The highest BCUT2D eigenvalue weighted by Crippen LogP contribution is 2.20. The first-order valence-electron chi connectivity index (χ1n) is 20.6. The van der Waals surface area contributed by atoms with Crippen LogP contribution in [0.15, 0.2) is 40.4 Å². The van der Waals surface area contributed by atoms with Crippen LogP contribution in [0.1, 0.15) is 78.7 Å². The molecule has 22 heteroatoms. The lowest BCUT2D eigenvalue weighted by Gasteiger charge is -2.27. The highest BCUT2D eigenvalue weighted by Gasteiger charge is 2.32. The number of aromatic amines is 1. The first-order chi connectivity index (χ1) is 29.2. The Morgan fingerprint density at radius 3 is 1.79 bits per heavy atom. The Balaban J connectivity index is 2.34. The van der Waals surface area contributed by atoms with Gasteiger partial charge in [-0.25, -0.2) is 4.79 Å². The van der Waals surface area contributed by atoms with E-state index in [1.54, 1.807) is 6.20 Å². The smallest absolute Gasteiger partial charge is 0.326 e. The predicted octanol–water partition coefficient (Wildman–Crippen LogP) is -2.12. The van der Waals surface area contributed by atoms with Gasteiger partial charge in [0.05, 0.1) is 12.6 Å². The van der Waals surface area contributed by atoms with Crippen molar-refractivity contribution in [1.29, 1.82) is 0 Å². The third-order valence-corrected chi connectivity index (χ3v) is 9.47. The van der Waals surface area contributed by atoms with Gasteiger partial charge in [0.15, 0.2) is 11.9 Å². The van der Waals surface area contributed by atoms with E-state index in [0.717, 1.165) is 10.9 Å². The molecular weight excluding hydrogens is 805 g/mol. The van der Waals surface area contributed by atoms with E-state index in [9.17, 15) is 38.7 Å². The highest BCUT2D eigenvalue weighted by molar-refractivity contribution is 5.97. The second-order valence-corrected chi connectivity index (χ2v) is 15.9. The Labute approximate surface area is 361 Å². The molecule has 22 nitrogen and oxygen atoms in total. The Bertz CT molecular complexity index is 1890. The molecule has 344 valence electrons. The molecule has 0 fully saturated rings. The third kappa shape index (κ3) is 18.9. The summed E-state index contributed by atoms with van der Waals surface area (Å²) in [5.41, 5.74) is 29.0. The zero-order valence-corrected chi connectivity index (χ0v) is 36.2. The number of nitrogens with zero attached hydrogens (tertiary/aromatic N) is 2. The van der Waals surface area contributed by atoms with Crippen LogP contribution in [0.3, 0.4) is 0 Å². The summed E-state index contributed by atoms with van der Waals surface area (Å²) in [7, 11) is 0. The van der Waals surface area contributed by atoms with Gasteiger partial charge in [0.2, 0.25) is 35.4 Å². The maximum Gasteiger partial charge on any atom is 0.326 e.